The molecule has 100 valence electrons. The quantitative estimate of drug-likeness (QED) is 0.724. The van der Waals surface area contributed by atoms with Crippen molar-refractivity contribution in [1.29, 1.82) is 0 Å². The van der Waals surface area contributed by atoms with Crippen LogP contribution in [-0.2, 0) is 11.3 Å². The van der Waals surface area contributed by atoms with E-state index in [9.17, 15) is 4.39 Å². The topological polar surface area (TPSA) is 49.7 Å². The van der Waals surface area contributed by atoms with E-state index in [0.717, 1.165) is 18.9 Å². The van der Waals surface area contributed by atoms with Gasteiger partial charge in [-0.3, -0.25) is 0 Å². The molecule has 0 heterocycles. The number of ether oxygens (including phenoxy) is 1. The summed E-state index contributed by atoms with van der Waals surface area (Å²) in [6, 6.07) is 3.99. The molecule has 0 aliphatic heterocycles. The third kappa shape index (κ3) is 5.17. The number of hydrogen-bond acceptors (Lipinski definition) is 3. The zero-order valence-corrected chi connectivity index (χ0v) is 10.9. The van der Waals surface area contributed by atoms with Gasteiger partial charge in [0.15, 0.2) is 0 Å². The molecule has 1 atom stereocenters. The van der Waals surface area contributed by atoms with Gasteiger partial charge in [-0.2, -0.15) is 0 Å². The van der Waals surface area contributed by atoms with Crippen LogP contribution in [0.15, 0.2) is 18.2 Å². The maximum atomic E-state index is 13.2. The molecule has 0 aliphatic carbocycles. The fourth-order valence-electron chi connectivity index (χ4n) is 1.86. The van der Waals surface area contributed by atoms with Crippen LogP contribution in [0.3, 0.4) is 0 Å². The molecule has 0 aliphatic rings. The molecule has 1 rings (SSSR count). The first kappa shape index (κ1) is 15.2. The van der Waals surface area contributed by atoms with E-state index in [1.807, 2.05) is 0 Å². The van der Waals surface area contributed by atoms with Crippen molar-refractivity contribution in [3.8, 4) is 0 Å². The van der Waals surface area contributed by atoms with Crippen LogP contribution in [0.2, 0.25) is 0 Å². The second-order valence-electron chi connectivity index (χ2n) is 4.68. The Bertz CT molecular complexity index is 371. The minimum Gasteiger partial charge on any atom is -0.423 e. The van der Waals surface area contributed by atoms with Crippen LogP contribution in [-0.4, -0.2) is 23.8 Å². The highest BCUT2D eigenvalue weighted by atomic mass is 19.1. The molecule has 0 fully saturated rings. The SMILES string of the molecule is CCCC(C)COCc1cc(F)cc(B(O)O)c1. The van der Waals surface area contributed by atoms with Crippen LogP contribution in [0, 0.1) is 11.7 Å². The predicted molar refractivity (Wildman–Crippen MR) is 70.0 cm³/mol. The number of rotatable bonds is 7. The molecule has 0 aromatic heterocycles. The van der Waals surface area contributed by atoms with Crippen molar-refractivity contribution in [2.45, 2.75) is 33.3 Å². The van der Waals surface area contributed by atoms with E-state index in [1.165, 1.54) is 12.1 Å². The summed E-state index contributed by atoms with van der Waals surface area (Å²) in [5, 5.41) is 18.0. The molecule has 0 spiro atoms. The summed E-state index contributed by atoms with van der Waals surface area (Å²) in [6.07, 6.45) is 2.22. The van der Waals surface area contributed by atoms with E-state index in [1.54, 1.807) is 0 Å². The van der Waals surface area contributed by atoms with E-state index in [0.29, 0.717) is 18.1 Å². The van der Waals surface area contributed by atoms with Gasteiger partial charge in [-0.1, -0.05) is 26.3 Å². The van der Waals surface area contributed by atoms with Gasteiger partial charge in [-0.15, -0.1) is 0 Å². The van der Waals surface area contributed by atoms with Gasteiger partial charge in [-0.05, 0) is 35.5 Å². The molecule has 1 unspecified atom stereocenters. The summed E-state index contributed by atoms with van der Waals surface area (Å²) in [7, 11) is -1.65. The van der Waals surface area contributed by atoms with E-state index in [-0.39, 0.29) is 12.1 Å². The van der Waals surface area contributed by atoms with Gasteiger partial charge in [0.2, 0.25) is 0 Å². The summed E-state index contributed by atoms with van der Waals surface area (Å²) in [4.78, 5) is 0. The average molecular weight is 254 g/mol. The van der Waals surface area contributed by atoms with E-state index in [2.05, 4.69) is 13.8 Å². The van der Waals surface area contributed by atoms with Crippen LogP contribution in [0.4, 0.5) is 4.39 Å². The smallest absolute Gasteiger partial charge is 0.423 e. The predicted octanol–water partition coefficient (Wildman–Crippen LogP) is 1.46. The highest BCUT2D eigenvalue weighted by Crippen LogP contribution is 2.08. The lowest BCUT2D eigenvalue weighted by atomic mass is 9.79. The van der Waals surface area contributed by atoms with Crippen molar-refractivity contribution >= 4 is 12.6 Å². The summed E-state index contributed by atoms with van der Waals surface area (Å²) >= 11 is 0. The number of benzene rings is 1. The van der Waals surface area contributed by atoms with Gasteiger partial charge in [0.1, 0.15) is 5.82 Å². The molecule has 0 amide bonds. The zero-order valence-electron chi connectivity index (χ0n) is 10.9. The van der Waals surface area contributed by atoms with Gasteiger partial charge in [0.05, 0.1) is 6.61 Å². The third-order valence-corrected chi connectivity index (χ3v) is 2.73. The van der Waals surface area contributed by atoms with Crippen LogP contribution in [0.5, 0.6) is 0 Å². The Hall–Kier alpha value is -0.905. The maximum Gasteiger partial charge on any atom is 0.488 e. The van der Waals surface area contributed by atoms with Gasteiger partial charge in [-0.25, -0.2) is 4.39 Å². The lowest BCUT2D eigenvalue weighted by Gasteiger charge is -2.11. The molecule has 2 N–H and O–H groups in total. The molecular formula is C13H20BFO3. The highest BCUT2D eigenvalue weighted by Gasteiger charge is 2.13. The normalized spacial score (nSPS) is 12.5. The van der Waals surface area contributed by atoms with Gasteiger partial charge >= 0.3 is 7.12 Å². The van der Waals surface area contributed by atoms with E-state index in [4.69, 9.17) is 14.8 Å². The number of hydrogen-bond donors (Lipinski definition) is 2. The minimum absolute atomic E-state index is 0.148. The Balaban J connectivity index is 2.51. The standard InChI is InChI=1S/C13H20BFO3/c1-3-4-10(2)8-18-9-11-5-12(14(16)17)7-13(15)6-11/h5-7,10,16-17H,3-4,8-9H2,1-2H3. The molecule has 0 saturated carbocycles. The molecular weight excluding hydrogens is 234 g/mol. The fourth-order valence-corrected chi connectivity index (χ4v) is 1.86. The van der Waals surface area contributed by atoms with Crippen LogP contribution < -0.4 is 5.46 Å². The first-order chi connectivity index (χ1) is 8.52. The molecule has 1 aromatic rings. The third-order valence-electron chi connectivity index (χ3n) is 2.73. The Morgan fingerprint density at radius 3 is 2.67 bits per heavy atom. The van der Waals surface area contributed by atoms with Crippen LogP contribution >= 0.6 is 0 Å². The minimum atomic E-state index is -1.65. The van der Waals surface area contributed by atoms with Crippen molar-refractivity contribution in [2.75, 3.05) is 6.61 Å². The van der Waals surface area contributed by atoms with Gasteiger partial charge in [0, 0.05) is 6.61 Å². The Labute approximate surface area is 108 Å². The van der Waals surface area contributed by atoms with E-state index < -0.39 is 12.9 Å². The Morgan fingerprint density at radius 1 is 1.33 bits per heavy atom. The van der Waals surface area contributed by atoms with Crippen molar-refractivity contribution in [3.05, 3.63) is 29.6 Å². The largest absolute Gasteiger partial charge is 0.488 e. The molecule has 3 nitrogen and oxygen atoms in total. The molecule has 1 aromatic carbocycles. The van der Waals surface area contributed by atoms with Crippen molar-refractivity contribution < 1.29 is 19.2 Å². The molecule has 0 bridgehead atoms. The fraction of sp³-hybridized carbons (Fsp3) is 0.538. The summed E-state index contributed by atoms with van der Waals surface area (Å²) in [5.41, 5.74) is 0.761. The van der Waals surface area contributed by atoms with Crippen LogP contribution in [0.1, 0.15) is 32.3 Å². The van der Waals surface area contributed by atoms with Gasteiger partial charge < -0.3 is 14.8 Å². The van der Waals surface area contributed by atoms with Gasteiger partial charge in [0.25, 0.3) is 0 Å². The molecule has 18 heavy (non-hydrogen) atoms. The summed E-state index contributed by atoms with van der Waals surface area (Å²) in [5.74, 6) is -0.00716. The molecule has 0 radical (unpaired) electrons. The molecule has 0 saturated heterocycles. The summed E-state index contributed by atoms with van der Waals surface area (Å²) < 4.78 is 18.7. The van der Waals surface area contributed by atoms with Crippen molar-refractivity contribution in [1.82, 2.24) is 0 Å². The van der Waals surface area contributed by atoms with E-state index >= 15 is 0 Å². The average Bonchev–Trinajstić information content (AvgIpc) is 2.28. The lowest BCUT2D eigenvalue weighted by molar-refractivity contribution is 0.0892. The first-order valence-electron chi connectivity index (χ1n) is 6.26. The monoisotopic (exact) mass is 254 g/mol. The first-order valence-corrected chi connectivity index (χ1v) is 6.26. The maximum absolute atomic E-state index is 13.2. The van der Waals surface area contributed by atoms with Crippen LogP contribution in [0.25, 0.3) is 0 Å². The highest BCUT2D eigenvalue weighted by molar-refractivity contribution is 6.58. The molecule has 5 heteroatoms. The lowest BCUT2D eigenvalue weighted by Crippen LogP contribution is -2.30. The Kier molecular flexibility index (Phi) is 6.32. The second-order valence-corrected chi connectivity index (χ2v) is 4.68. The summed E-state index contributed by atoms with van der Waals surface area (Å²) in [6.45, 7) is 5.14. The van der Waals surface area contributed by atoms with Crippen molar-refractivity contribution in [2.24, 2.45) is 5.92 Å². The van der Waals surface area contributed by atoms with Crippen molar-refractivity contribution in [3.63, 3.8) is 0 Å². The zero-order chi connectivity index (χ0) is 13.5. The second kappa shape index (κ2) is 7.51. The number of halogens is 1. The Morgan fingerprint density at radius 2 is 2.06 bits per heavy atom.